The smallest absolute Gasteiger partial charge is 0.236 e. The molecule has 1 heterocycles. The molecule has 0 bridgehead atoms. The topological polar surface area (TPSA) is 20.3 Å². The average Bonchev–Trinajstić information content (AvgIpc) is 2.81. The van der Waals surface area contributed by atoms with Crippen molar-refractivity contribution in [2.75, 3.05) is 4.90 Å². The molecule has 2 aromatic rings. The third-order valence-electron chi connectivity index (χ3n) is 3.81. The highest BCUT2D eigenvalue weighted by atomic mass is 16.2. The van der Waals surface area contributed by atoms with Gasteiger partial charge in [0.05, 0.1) is 12.1 Å². The Morgan fingerprint density at radius 2 is 1.95 bits per heavy atom. The molecule has 0 saturated carbocycles. The molecule has 2 heteroatoms. The molecule has 0 atom stereocenters. The van der Waals surface area contributed by atoms with Crippen LogP contribution in [-0.2, 0) is 17.6 Å². The van der Waals surface area contributed by atoms with Crippen molar-refractivity contribution in [2.45, 2.75) is 32.6 Å². The highest BCUT2D eigenvalue weighted by molar-refractivity contribution is 6.07. The van der Waals surface area contributed by atoms with E-state index in [0.29, 0.717) is 6.42 Å². The molecule has 0 radical (unpaired) electrons. The lowest BCUT2D eigenvalue weighted by Crippen LogP contribution is -2.20. The van der Waals surface area contributed by atoms with Crippen LogP contribution in [0.25, 0.3) is 0 Å². The molecule has 1 amide bonds. The lowest BCUT2D eigenvalue weighted by Gasteiger charge is -2.18. The predicted molar refractivity (Wildman–Crippen MR) is 82.3 cm³/mol. The van der Waals surface area contributed by atoms with Crippen LogP contribution in [0.15, 0.2) is 48.5 Å². The zero-order valence-electron chi connectivity index (χ0n) is 11.8. The summed E-state index contributed by atoms with van der Waals surface area (Å²) < 4.78 is 0. The first kappa shape index (κ1) is 12.9. The summed E-state index contributed by atoms with van der Waals surface area (Å²) in [5, 5.41) is 0. The van der Waals surface area contributed by atoms with Crippen LogP contribution < -0.4 is 4.90 Å². The molecule has 102 valence electrons. The molecule has 2 nitrogen and oxygen atoms in total. The Hall–Kier alpha value is -2.09. The van der Waals surface area contributed by atoms with E-state index in [1.165, 1.54) is 18.4 Å². The fourth-order valence-electron chi connectivity index (χ4n) is 2.77. The molecule has 1 aliphatic heterocycles. The van der Waals surface area contributed by atoms with Gasteiger partial charge in [-0.1, -0.05) is 43.7 Å². The van der Waals surface area contributed by atoms with Crippen LogP contribution in [-0.4, -0.2) is 5.91 Å². The first-order chi connectivity index (χ1) is 9.79. The Morgan fingerprint density at radius 3 is 2.80 bits per heavy atom. The summed E-state index contributed by atoms with van der Waals surface area (Å²) in [5.74, 6) is 0.166. The number of aryl methyl sites for hydroxylation is 1. The number of benzene rings is 2. The Kier molecular flexibility index (Phi) is 3.55. The van der Waals surface area contributed by atoms with Gasteiger partial charge in [-0.15, -0.1) is 0 Å². The van der Waals surface area contributed by atoms with E-state index in [4.69, 9.17) is 0 Å². The van der Waals surface area contributed by atoms with Crippen LogP contribution in [0, 0.1) is 0 Å². The molecule has 2 aromatic carbocycles. The van der Waals surface area contributed by atoms with Crippen molar-refractivity contribution in [1.29, 1.82) is 0 Å². The number of para-hydroxylation sites is 1. The SMILES string of the molecule is CCCCc1cccc(N2C(=O)Cc3ccccc32)c1. The molecule has 0 unspecified atom stereocenters. The van der Waals surface area contributed by atoms with Crippen molar-refractivity contribution >= 4 is 17.3 Å². The Balaban J connectivity index is 1.95. The number of carbonyl (C=O) groups excluding carboxylic acids is 1. The van der Waals surface area contributed by atoms with E-state index in [1.54, 1.807) is 0 Å². The summed E-state index contributed by atoms with van der Waals surface area (Å²) >= 11 is 0. The van der Waals surface area contributed by atoms with E-state index in [9.17, 15) is 4.79 Å². The van der Waals surface area contributed by atoms with Crippen molar-refractivity contribution in [1.82, 2.24) is 0 Å². The molecule has 0 aliphatic carbocycles. The van der Waals surface area contributed by atoms with Crippen molar-refractivity contribution in [3.05, 3.63) is 59.7 Å². The van der Waals surface area contributed by atoms with Crippen LogP contribution >= 0.6 is 0 Å². The van der Waals surface area contributed by atoms with Crippen LogP contribution in [0.2, 0.25) is 0 Å². The van der Waals surface area contributed by atoms with Gasteiger partial charge in [-0.2, -0.15) is 0 Å². The minimum atomic E-state index is 0.166. The normalized spacial score (nSPS) is 13.7. The van der Waals surface area contributed by atoms with E-state index < -0.39 is 0 Å². The molecule has 3 rings (SSSR count). The van der Waals surface area contributed by atoms with Crippen molar-refractivity contribution in [3.8, 4) is 0 Å². The zero-order chi connectivity index (χ0) is 13.9. The fourth-order valence-corrected chi connectivity index (χ4v) is 2.77. The minimum Gasteiger partial charge on any atom is -0.280 e. The van der Waals surface area contributed by atoms with Gasteiger partial charge in [0, 0.05) is 5.69 Å². The number of amides is 1. The molecular formula is C18H19NO. The van der Waals surface area contributed by atoms with Gasteiger partial charge >= 0.3 is 0 Å². The second kappa shape index (κ2) is 5.49. The monoisotopic (exact) mass is 265 g/mol. The standard InChI is InChI=1S/C18H19NO/c1-2-3-7-14-8-6-10-16(12-14)19-17-11-5-4-9-15(17)13-18(19)20/h4-6,8-12H,2-3,7,13H2,1H3. The largest absolute Gasteiger partial charge is 0.280 e. The third-order valence-corrected chi connectivity index (χ3v) is 3.81. The van der Waals surface area contributed by atoms with E-state index in [2.05, 4.69) is 25.1 Å². The fraction of sp³-hybridized carbons (Fsp3) is 0.278. The lowest BCUT2D eigenvalue weighted by molar-refractivity contribution is -0.116. The van der Waals surface area contributed by atoms with Gasteiger partial charge in [-0.25, -0.2) is 0 Å². The van der Waals surface area contributed by atoms with Crippen LogP contribution in [0.4, 0.5) is 11.4 Å². The first-order valence-electron chi connectivity index (χ1n) is 7.29. The molecule has 1 aliphatic rings. The van der Waals surface area contributed by atoms with Gasteiger partial charge in [0.25, 0.3) is 0 Å². The third kappa shape index (κ3) is 2.34. The maximum Gasteiger partial charge on any atom is 0.236 e. The summed E-state index contributed by atoms with van der Waals surface area (Å²) in [5.41, 5.74) is 4.46. The van der Waals surface area contributed by atoms with Gasteiger partial charge in [0.2, 0.25) is 5.91 Å². The van der Waals surface area contributed by atoms with Gasteiger partial charge < -0.3 is 0 Å². The van der Waals surface area contributed by atoms with Gasteiger partial charge in [0.15, 0.2) is 0 Å². The van der Waals surface area contributed by atoms with Gasteiger partial charge in [-0.3, -0.25) is 9.69 Å². The van der Waals surface area contributed by atoms with Gasteiger partial charge in [0.1, 0.15) is 0 Å². The van der Waals surface area contributed by atoms with E-state index in [1.807, 2.05) is 35.2 Å². The minimum absolute atomic E-state index is 0.166. The summed E-state index contributed by atoms with van der Waals surface area (Å²) in [6.07, 6.45) is 3.97. The molecule has 0 aromatic heterocycles. The summed E-state index contributed by atoms with van der Waals surface area (Å²) in [7, 11) is 0. The molecule has 0 saturated heterocycles. The second-order valence-corrected chi connectivity index (χ2v) is 5.31. The zero-order valence-corrected chi connectivity index (χ0v) is 11.8. The van der Waals surface area contributed by atoms with Crippen LogP contribution in [0.3, 0.4) is 0 Å². The molecule has 20 heavy (non-hydrogen) atoms. The number of nitrogens with zero attached hydrogens (tertiary/aromatic N) is 1. The number of unbranched alkanes of at least 4 members (excludes halogenated alkanes) is 1. The lowest BCUT2D eigenvalue weighted by atomic mass is 10.1. The van der Waals surface area contributed by atoms with Crippen molar-refractivity contribution in [2.24, 2.45) is 0 Å². The average molecular weight is 265 g/mol. The number of hydrogen-bond acceptors (Lipinski definition) is 1. The van der Waals surface area contributed by atoms with Crippen molar-refractivity contribution < 1.29 is 4.79 Å². The van der Waals surface area contributed by atoms with E-state index in [-0.39, 0.29) is 5.91 Å². The van der Waals surface area contributed by atoms with E-state index in [0.717, 1.165) is 23.4 Å². The molecule has 0 spiro atoms. The number of carbonyl (C=O) groups is 1. The number of fused-ring (bicyclic) bond motifs is 1. The van der Waals surface area contributed by atoms with Crippen LogP contribution in [0.5, 0.6) is 0 Å². The van der Waals surface area contributed by atoms with Gasteiger partial charge in [-0.05, 0) is 42.2 Å². The Bertz CT molecular complexity index is 633. The molecule has 0 fully saturated rings. The quantitative estimate of drug-likeness (QED) is 0.809. The Morgan fingerprint density at radius 1 is 1.10 bits per heavy atom. The molecule has 0 N–H and O–H groups in total. The Labute approximate surface area is 120 Å². The van der Waals surface area contributed by atoms with Crippen molar-refractivity contribution in [3.63, 3.8) is 0 Å². The highest BCUT2D eigenvalue weighted by Gasteiger charge is 2.27. The summed E-state index contributed by atoms with van der Waals surface area (Å²) in [6.45, 7) is 2.20. The first-order valence-corrected chi connectivity index (χ1v) is 7.29. The van der Waals surface area contributed by atoms with E-state index >= 15 is 0 Å². The number of hydrogen-bond donors (Lipinski definition) is 0. The maximum atomic E-state index is 12.3. The summed E-state index contributed by atoms with van der Waals surface area (Å²) in [4.78, 5) is 14.1. The number of rotatable bonds is 4. The van der Waals surface area contributed by atoms with Crippen LogP contribution in [0.1, 0.15) is 30.9 Å². The predicted octanol–water partition coefficient (Wildman–Crippen LogP) is 4.25. The number of anilines is 2. The molecular weight excluding hydrogens is 246 g/mol. The maximum absolute atomic E-state index is 12.3. The summed E-state index contributed by atoms with van der Waals surface area (Å²) in [6, 6.07) is 16.4. The highest BCUT2D eigenvalue weighted by Crippen LogP contribution is 2.35. The second-order valence-electron chi connectivity index (χ2n) is 5.31.